The van der Waals surface area contributed by atoms with Crippen LogP contribution >= 0.6 is 12.2 Å². The Morgan fingerprint density at radius 2 is 1.72 bits per heavy atom. The third kappa shape index (κ3) is 4.38. The molecule has 0 aromatic carbocycles. The van der Waals surface area contributed by atoms with Crippen LogP contribution in [0.5, 0.6) is 0 Å². The molecule has 1 nitrogen and oxygen atoms in total. The average molecular weight is 269 g/mol. The first-order valence-electron chi connectivity index (χ1n) is 7.17. The molecule has 0 fully saturated rings. The Hall–Kier alpha value is -0.370. The van der Waals surface area contributed by atoms with Gasteiger partial charge in [-0.25, -0.2) is 0 Å². The summed E-state index contributed by atoms with van der Waals surface area (Å²) < 4.78 is 0. The molecule has 0 aliphatic rings. The zero-order valence-corrected chi connectivity index (χ0v) is 14.1. The molecule has 0 radical (unpaired) electrons. The molecule has 2 heteroatoms. The summed E-state index contributed by atoms with van der Waals surface area (Å²) in [6.45, 7) is 17.4. The first-order valence-corrected chi connectivity index (χ1v) is 7.57. The van der Waals surface area contributed by atoms with Crippen LogP contribution in [0.3, 0.4) is 0 Å². The van der Waals surface area contributed by atoms with Crippen molar-refractivity contribution in [3.63, 3.8) is 0 Å². The highest BCUT2D eigenvalue weighted by atomic mass is 32.1. The normalized spacial score (nSPS) is 18.0. The van der Waals surface area contributed by atoms with E-state index in [1.165, 1.54) is 6.42 Å². The summed E-state index contributed by atoms with van der Waals surface area (Å²) in [5.41, 5.74) is 0. The van der Waals surface area contributed by atoms with Crippen LogP contribution in [0, 0.1) is 23.7 Å². The van der Waals surface area contributed by atoms with Crippen molar-refractivity contribution in [1.82, 2.24) is 4.90 Å². The molecule has 18 heavy (non-hydrogen) atoms. The Morgan fingerprint density at radius 3 is 2.06 bits per heavy atom. The first-order chi connectivity index (χ1) is 8.27. The minimum Gasteiger partial charge on any atom is -0.365 e. The van der Waals surface area contributed by atoms with E-state index in [0.29, 0.717) is 29.7 Å². The summed E-state index contributed by atoms with van der Waals surface area (Å²) in [6, 6.07) is 0.459. The van der Waals surface area contributed by atoms with Gasteiger partial charge in [0.05, 0.1) is 4.99 Å². The Balaban J connectivity index is 5.01. The minimum atomic E-state index is 0.452. The fraction of sp³-hybridized carbons (Fsp3) is 0.812. The van der Waals surface area contributed by atoms with Crippen molar-refractivity contribution in [2.24, 2.45) is 23.7 Å². The van der Waals surface area contributed by atoms with Crippen LogP contribution in [-0.2, 0) is 0 Å². The van der Waals surface area contributed by atoms with Gasteiger partial charge in [-0.1, -0.05) is 66.3 Å². The Morgan fingerprint density at radius 1 is 1.22 bits per heavy atom. The molecule has 0 amide bonds. The molecule has 0 bridgehead atoms. The van der Waals surface area contributed by atoms with Crippen LogP contribution in [-0.4, -0.2) is 23.0 Å². The van der Waals surface area contributed by atoms with Crippen LogP contribution in [0.1, 0.15) is 48.0 Å². The Labute approximate surface area is 120 Å². The molecule has 2 unspecified atom stereocenters. The van der Waals surface area contributed by atoms with Gasteiger partial charge in [-0.3, -0.25) is 0 Å². The van der Waals surface area contributed by atoms with Crippen molar-refractivity contribution in [2.45, 2.75) is 54.0 Å². The van der Waals surface area contributed by atoms with Crippen molar-refractivity contribution in [1.29, 1.82) is 0 Å². The van der Waals surface area contributed by atoms with Crippen LogP contribution in [0.25, 0.3) is 0 Å². The highest BCUT2D eigenvalue weighted by Gasteiger charge is 2.28. The highest BCUT2D eigenvalue weighted by molar-refractivity contribution is 7.80. The predicted octanol–water partition coefficient (Wildman–Crippen LogP) is 4.77. The average Bonchev–Trinajstić information content (AvgIpc) is 2.35. The second kappa shape index (κ2) is 7.93. The number of thiocarbonyl (C=S) groups is 1. The molecule has 0 rings (SSSR count). The molecule has 0 aromatic heterocycles. The van der Waals surface area contributed by atoms with E-state index in [2.05, 4.69) is 66.1 Å². The quantitative estimate of drug-likeness (QED) is 0.483. The lowest BCUT2D eigenvalue weighted by Crippen LogP contribution is -2.46. The summed E-state index contributed by atoms with van der Waals surface area (Å²) in [6.07, 6.45) is 3.22. The second-order valence-electron chi connectivity index (χ2n) is 5.95. The van der Waals surface area contributed by atoms with E-state index in [0.717, 1.165) is 4.99 Å². The Bertz CT molecular complexity index is 272. The van der Waals surface area contributed by atoms with Gasteiger partial charge in [-0.05, 0) is 17.8 Å². The van der Waals surface area contributed by atoms with Gasteiger partial charge in [0.15, 0.2) is 0 Å². The van der Waals surface area contributed by atoms with Crippen molar-refractivity contribution in [3.05, 3.63) is 12.7 Å². The molecule has 0 aliphatic heterocycles. The second-order valence-corrected chi connectivity index (χ2v) is 6.37. The van der Waals surface area contributed by atoms with Crippen molar-refractivity contribution >= 4 is 17.2 Å². The van der Waals surface area contributed by atoms with Crippen LogP contribution in [0.2, 0.25) is 0 Å². The molecule has 0 heterocycles. The molecule has 0 aliphatic carbocycles. The van der Waals surface area contributed by atoms with E-state index in [-0.39, 0.29) is 0 Å². The fourth-order valence-corrected chi connectivity index (χ4v) is 2.78. The lowest BCUT2D eigenvalue weighted by Gasteiger charge is -2.39. The summed E-state index contributed by atoms with van der Waals surface area (Å²) in [4.78, 5) is 3.41. The monoisotopic (exact) mass is 269 g/mol. The van der Waals surface area contributed by atoms with E-state index in [1.54, 1.807) is 0 Å². The number of nitrogens with zero attached hydrogens (tertiary/aromatic N) is 1. The maximum Gasteiger partial charge on any atom is 0.0810 e. The molecule has 106 valence electrons. The smallest absolute Gasteiger partial charge is 0.0810 e. The van der Waals surface area contributed by atoms with Gasteiger partial charge < -0.3 is 4.90 Å². The van der Waals surface area contributed by atoms with Gasteiger partial charge in [-0.2, -0.15) is 0 Å². The molecule has 0 saturated carbocycles. The summed E-state index contributed by atoms with van der Waals surface area (Å²) in [5.74, 6) is 2.13. The molecule has 0 aromatic rings. The molecule has 0 saturated heterocycles. The van der Waals surface area contributed by atoms with Crippen LogP contribution in [0.15, 0.2) is 12.7 Å². The molecule has 0 spiro atoms. The van der Waals surface area contributed by atoms with E-state index in [4.69, 9.17) is 12.2 Å². The van der Waals surface area contributed by atoms with Crippen molar-refractivity contribution in [2.75, 3.05) is 7.05 Å². The van der Waals surface area contributed by atoms with Gasteiger partial charge >= 0.3 is 0 Å². The van der Waals surface area contributed by atoms with Crippen molar-refractivity contribution in [3.8, 4) is 0 Å². The van der Waals surface area contributed by atoms with E-state index < -0.39 is 0 Å². The molecule has 4 atom stereocenters. The maximum absolute atomic E-state index is 5.68. The van der Waals surface area contributed by atoms with E-state index in [9.17, 15) is 0 Å². The SMILES string of the molecule is C=CC(C)[C@@H](C(C)CC)N(C)C(=S)[C@@H](C)C(C)C. The van der Waals surface area contributed by atoms with Gasteiger partial charge in [0, 0.05) is 19.0 Å². The lowest BCUT2D eigenvalue weighted by atomic mass is 9.86. The first kappa shape index (κ1) is 17.6. The summed E-state index contributed by atoms with van der Waals surface area (Å²) in [5, 5.41) is 0. The van der Waals surface area contributed by atoms with Crippen LogP contribution < -0.4 is 0 Å². The van der Waals surface area contributed by atoms with E-state index >= 15 is 0 Å². The highest BCUT2D eigenvalue weighted by Crippen LogP contribution is 2.25. The third-order valence-corrected chi connectivity index (χ3v) is 4.98. The standard InChI is InChI=1S/C16H31NS/c1-9-12(5)15(13(6)10-2)17(8)16(18)14(7)11(3)4/h9,11-15H,1,10H2,2-8H3/t12?,13?,14-,15-/m0/s1. The number of rotatable bonds is 7. The third-order valence-electron chi connectivity index (χ3n) is 4.32. The zero-order chi connectivity index (χ0) is 14.5. The number of hydrogen-bond donors (Lipinski definition) is 0. The molecular weight excluding hydrogens is 238 g/mol. The lowest BCUT2D eigenvalue weighted by molar-refractivity contribution is 0.214. The molecule has 0 N–H and O–H groups in total. The summed E-state index contributed by atoms with van der Waals surface area (Å²) >= 11 is 5.68. The van der Waals surface area contributed by atoms with E-state index in [1.807, 2.05) is 0 Å². The fourth-order valence-electron chi connectivity index (χ4n) is 2.39. The minimum absolute atomic E-state index is 0.452. The van der Waals surface area contributed by atoms with Gasteiger partial charge in [0.2, 0.25) is 0 Å². The predicted molar refractivity (Wildman–Crippen MR) is 87.0 cm³/mol. The maximum atomic E-state index is 5.68. The topological polar surface area (TPSA) is 3.24 Å². The summed E-state index contributed by atoms with van der Waals surface area (Å²) in [7, 11) is 2.15. The molecular formula is C16H31NS. The van der Waals surface area contributed by atoms with Gasteiger partial charge in [0.25, 0.3) is 0 Å². The zero-order valence-electron chi connectivity index (χ0n) is 13.2. The Kier molecular flexibility index (Phi) is 7.77. The number of hydrogen-bond acceptors (Lipinski definition) is 1. The van der Waals surface area contributed by atoms with Crippen molar-refractivity contribution < 1.29 is 0 Å². The largest absolute Gasteiger partial charge is 0.365 e. The van der Waals surface area contributed by atoms with Gasteiger partial charge in [-0.15, -0.1) is 6.58 Å². The van der Waals surface area contributed by atoms with Gasteiger partial charge in [0.1, 0.15) is 0 Å². The van der Waals surface area contributed by atoms with Crippen LogP contribution in [0.4, 0.5) is 0 Å².